The monoisotopic (exact) mass is 679 g/mol. The van der Waals surface area contributed by atoms with Crippen molar-refractivity contribution < 1.29 is 0 Å². The van der Waals surface area contributed by atoms with E-state index in [1.54, 1.807) is 0 Å². The number of rotatable bonds is 6. The zero-order valence-corrected chi connectivity index (χ0v) is 29.2. The summed E-state index contributed by atoms with van der Waals surface area (Å²) in [4.78, 5) is 2.46. The van der Waals surface area contributed by atoms with Crippen molar-refractivity contribution in [2.45, 2.75) is 0 Å². The Hall–Kier alpha value is -6.48. The molecule has 0 saturated carbocycles. The molecule has 0 aliphatic heterocycles. The third-order valence-corrected chi connectivity index (χ3v) is 11.5. The second kappa shape index (κ2) is 12.7. The zero-order valence-electron chi connectivity index (χ0n) is 28.4. The van der Waals surface area contributed by atoms with E-state index >= 15 is 0 Å². The summed E-state index contributed by atoms with van der Waals surface area (Å²) in [5.74, 6) is 0. The Kier molecular flexibility index (Phi) is 7.41. The molecule has 9 aromatic carbocycles. The van der Waals surface area contributed by atoms with Crippen molar-refractivity contribution in [3.8, 4) is 33.4 Å². The highest BCUT2D eigenvalue weighted by Gasteiger charge is 2.21. The average molecular weight is 680 g/mol. The van der Waals surface area contributed by atoms with Crippen LogP contribution in [0.5, 0.6) is 0 Å². The van der Waals surface area contributed by atoms with Crippen LogP contribution in [-0.4, -0.2) is 0 Å². The highest BCUT2D eigenvalue weighted by atomic mass is 32.1. The van der Waals surface area contributed by atoms with Crippen LogP contribution in [0.3, 0.4) is 0 Å². The van der Waals surface area contributed by atoms with E-state index in [0.29, 0.717) is 0 Å². The lowest BCUT2D eigenvalue weighted by molar-refractivity contribution is 1.31. The molecule has 2 heteroatoms. The van der Waals surface area contributed by atoms with Crippen molar-refractivity contribution in [3.63, 3.8) is 0 Å². The van der Waals surface area contributed by atoms with Crippen molar-refractivity contribution in [1.29, 1.82) is 0 Å². The van der Waals surface area contributed by atoms with Gasteiger partial charge in [-0.05, 0) is 91.3 Å². The fourth-order valence-electron chi connectivity index (χ4n) is 7.69. The van der Waals surface area contributed by atoms with Crippen molar-refractivity contribution in [3.05, 3.63) is 200 Å². The molecule has 52 heavy (non-hydrogen) atoms. The Labute approximate surface area is 307 Å². The molecule has 10 rings (SSSR count). The Morgan fingerprint density at radius 2 is 0.865 bits per heavy atom. The summed E-state index contributed by atoms with van der Waals surface area (Å²) in [6.07, 6.45) is 0. The number of hydrogen-bond donors (Lipinski definition) is 0. The van der Waals surface area contributed by atoms with Crippen molar-refractivity contribution in [1.82, 2.24) is 0 Å². The first-order valence-corrected chi connectivity index (χ1v) is 18.6. The van der Waals surface area contributed by atoms with Crippen LogP contribution in [0.15, 0.2) is 200 Å². The molecule has 0 saturated heterocycles. The van der Waals surface area contributed by atoms with Gasteiger partial charge in [0.15, 0.2) is 0 Å². The molecule has 1 aromatic heterocycles. The first-order valence-electron chi connectivity index (χ1n) is 17.8. The van der Waals surface area contributed by atoms with Crippen LogP contribution in [0.4, 0.5) is 17.1 Å². The first kappa shape index (κ1) is 30.4. The number of nitrogens with zero attached hydrogens (tertiary/aromatic N) is 1. The standard InChI is InChI=1S/C50H33NS/c1-3-11-34(12-4-1)36-19-21-39(22-20-36)44-31-32-47(49-45-17-9-10-18-48(45)52-50(44)49)51(41-28-25-37(26-29-41)35-13-5-2-6-14-35)42-30-27-40-24-23-38-15-7-8-16-43(38)46(40)33-42/h1-33H. The molecule has 0 unspecified atom stereocenters. The molecule has 0 N–H and O–H groups in total. The van der Waals surface area contributed by atoms with Gasteiger partial charge in [-0.2, -0.15) is 0 Å². The van der Waals surface area contributed by atoms with E-state index in [0.717, 1.165) is 11.4 Å². The van der Waals surface area contributed by atoms with E-state index < -0.39 is 0 Å². The Morgan fingerprint density at radius 1 is 0.346 bits per heavy atom. The molecular weight excluding hydrogens is 647 g/mol. The quantitative estimate of drug-likeness (QED) is 0.158. The predicted octanol–water partition coefficient (Wildman–Crippen LogP) is 14.8. The number of thiophene rings is 1. The summed E-state index contributed by atoms with van der Waals surface area (Å²) in [5.41, 5.74) is 10.8. The minimum atomic E-state index is 1.12. The summed E-state index contributed by atoms with van der Waals surface area (Å²) >= 11 is 1.88. The summed E-state index contributed by atoms with van der Waals surface area (Å²) in [6.45, 7) is 0. The van der Waals surface area contributed by atoms with Crippen LogP contribution in [-0.2, 0) is 0 Å². The Balaban J connectivity index is 1.20. The second-order valence-corrected chi connectivity index (χ2v) is 14.4. The van der Waals surface area contributed by atoms with Crippen LogP contribution in [0.1, 0.15) is 0 Å². The molecule has 0 bridgehead atoms. The number of anilines is 3. The van der Waals surface area contributed by atoms with E-state index in [2.05, 4.69) is 205 Å². The smallest absolute Gasteiger partial charge is 0.0555 e. The summed E-state index contributed by atoms with van der Waals surface area (Å²) < 4.78 is 2.58. The summed E-state index contributed by atoms with van der Waals surface area (Å²) in [6, 6.07) is 72.9. The largest absolute Gasteiger partial charge is 0.310 e. The zero-order chi connectivity index (χ0) is 34.4. The number of fused-ring (bicyclic) bond motifs is 6. The normalized spacial score (nSPS) is 11.5. The molecule has 0 atom stereocenters. The third-order valence-electron chi connectivity index (χ3n) is 10.3. The van der Waals surface area contributed by atoms with Gasteiger partial charge in [-0.15, -0.1) is 11.3 Å². The SMILES string of the molecule is c1ccc(-c2ccc(-c3ccc(N(c4ccc(-c5ccccc5)cc4)c4ccc5ccc6ccccc6c5c4)c4c3sc3ccccc34)cc2)cc1. The van der Waals surface area contributed by atoms with Crippen molar-refractivity contribution in [2.75, 3.05) is 4.90 Å². The average Bonchev–Trinajstić information content (AvgIpc) is 3.62. The van der Waals surface area contributed by atoms with Gasteiger partial charge in [0.2, 0.25) is 0 Å². The summed E-state index contributed by atoms with van der Waals surface area (Å²) in [7, 11) is 0. The molecule has 0 aliphatic carbocycles. The van der Waals surface area contributed by atoms with Crippen LogP contribution >= 0.6 is 11.3 Å². The molecule has 0 spiro atoms. The van der Waals surface area contributed by atoms with E-state index in [1.165, 1.54) is 80.8 Å². The van der Waals surface area contributed by atoms with E-state index in [-0.39, 0.29) is 0 Å². The first-order chi connectivity index (χ1) is 25.8. The van der Waals surface area contributed by atoms with Crippen LogP contribution in [0.25, 0.3) is 75.1 Å². The Bertz CT molecular complexity index is 2870. The van der Waals surface area contributed by atoms with Gasteiger partial charge >= 0.3 is 0 Å². The maximum Gasteiger partial charge on any atom is 0.0555 e. The van der Waals surface area contributed by atoms with Gasteiger partial charge < -0.3 is 4.90 Å². The van der Waals surface area contributed by atoms with Crippen molar-refractivity contribution >= 4 is 70.1 Å². The molecule has 0 fully saturated rings. The predicted molar refractivity (Wildman–Crippen MR) is 225 cm³/mol. The maximum absolute atomic E-state index is 2.46. The highest BCUT2D eigenvalue weighted by molar-refractivity contribution is 7.26. The van der Waals surface area contributed by atoms with Crippen LogP contribution in [0.2, 0.25) is 0 Å². The van der Waals surface area contributed by atoms with E-state index in [4.69, 9.17) is 0 Å². The molecule has 1 heterocycles. The molecular formula is C50H33NS. The lowest BCUT2D eigenvalue weighted by atomic mass is 9.97. The van der Waals surface area contributed by atoms with E-state index in [9.17, 15) is 0 Å². The van der Waals surface area contributed by atoms with E-state index in [1.807, 2.05) is 11.3 Å². The molecule has 244 valence electrons. The molecule has 1 nitrogen and oxygen atoms in total. The Morgan fingerprint density at radius 3 is 1.58 bits per heavy atom. The fourth-order valence-corrected chi connectivity index (χ4v) is 8.95. The number of hydrogen-bond acceptors (Lipinski definition) is 2. The van der Waals surface area contributed by atoms with Gasteiger partial charge in [-0.25, -0.2) is 0 Å². The lowest BCUT2D eigenvalue weighted by Crippen LogP contribution is -2.10. The topological polar surface area (TPSA) is 3.24 Å². The van der Waals surface area contributed by atoms with Gasteiger partial charge in [0.05, 0.1) is 5.69 Å². The van der Waals surface area contributed by atoms with Crippen LogP contribution in [0, 0.1) is 0 Å². The minimum absolute atomic E-state index is 1.12. The highest BCUT2D eigenvalue weighted by Crippen LogP contribution is 2.49. The fraction of sp³-hybridized carbons (Fsp3) is 0. The number of benzene rings is 9. The molecule has 0 radical (unpaired) electrons. The molecule has 0 aliphatic rings. The van der Waals surface area contributed by atoms with Gasteiger partial charge in [0.1, 0.15) is 0 Å². The maximum atomic E-state index is 2.46. The lowest BCUT2D eigenvalue weighted by Gasteiger charge is -2.27. The second-order valence-electron chi connectivity index (χ2n) is 13.3. The van der Waals surface area contributed by atoms with Gasteiger partial charge in [0.25, 0.3) is 0 Å². The van der Waals surface area contributed by atoms with Crippen LogP contribution < -0.4 is 4.90 Å². The summed E-state index contributed by atoms with van der Waals surface area (Å²) in [5, 5.41) is 7.56. The van der Waals surface area contributed by atoms with Gasteiger partial charge in [0, 0.05) is 31.5 Å². The minimum Gasteiger partial charge on any atom is -0.310 e. The molecule has 10 aromatic rings. The van der Waals surface area contributed by atoms with Gasteiger partial charge in [-0.3, -0.25) is 0 Å². The van der Waals surface area contributed by atoms with Gasteiger partial charge in [-0.1, -0.05) is 164 Å². The molecule has 0 amide bonds. The third kappa shape index (κ3) is 5.24. The van der Waals surface area contributed by atoms with Crippen molar-refractivity contribution in [2.24, 2.45) is 0 Å².